The van der Waals surface area contributed by atoms with Gasteiger partial charge in [-0.1, -0.05) is 12.1 Å². The van der Waals surface area contributed by atoms with Crippen molar-refractivity contribution >= 4 is 21.2 Å². The highest BCUT2D eigenvalue weighted by atomic mass is 32.2. The molecule has 0 amide bonds. The molecule has 0 bridgehead atoms. The van der Waals surface area contributed by atoms with Gasteiger partial charge in [0.05, 0.1) is 22.8 Å². The highest BCUT2D eigenvalue weighted by Gasteiger charge is 2.31. The van der Waals surface area contributed by atoms with Crippen molar-refractivity contribution in [3.63, 3.8) is 0 Å². The first-order valence-corrected chi connectivity index (χ1v) is 10.4. The fourth-order valence-corrected chi connectivity index (χ4v) is 5.44. The summed E-state index contributed by atoms with van der Waals surface area (Å²) in [6, 6.07) is 4.91. The number of benzene rings is 1. The van der Waals surface area contributed by atoms with E-state index in [1.807, 2.05) is 17.3 Å². The van der Waals surface area contributed by atoms with Crippen molar-refractivity contribution in [3.8, 4) is 10.6 Å². The molecule has 1 aliphatic heterocycles. The predicted molar refractivity (Wildman–Crippen MR) is 91.1 cm³/mol. The van der Waals surface area contributed by atoms with Gasteiger partial charge >= 0.3 is 6.18 Å². The van der Waals surface area contributed by atoms with E-state index in [1.54, 1.807) is 0 Å². The Bertz CT molecular complexity index is 845. The second kappa shape index (κ2) is 6.69. The molecule has 1 fully saturated rings. The maximum Gasteiger partial charge on any atom is 0.416 e. The van der Waals surface area contributed by atoms with Crippen LogP contribution in [0.5, 0.6) is 0 Å². The molecule has 4 nitrogen and oxygen atoms in total. The van der Waals surface area contributed by atoms with Gasteiger partial charge in [-0.05, 0) is 25.6 Å². The molecule has 9 heteroatoms. The van der Waals surface area contributed by atoms with Gasteiger partial charge in [0.2, 0.25) is 0 Å². The van der Waals surface area contributed by atoms with Crippen LogP contribution >= 0.6 is 11.3 Å². The zero-order valence-electron chi connectivity index (χ0n) is 13.5. The molecule has 3 rings (SSSR count). The third-order valence-electron chi connectivity index (χ3n) is 4.25. The lowest BCUT2D eigenvalue weighted by Crippen LogP contribution is -2.32. The summed E-state index contributed by atoms with van der Waals surface area (Å²) in [7, 11) is -1.07. The van der Waals surface area contributed by atoms with Gasteiger partial charge in [0.25, 0.3) is 0 Å². The zero-order valence-corrected chi connectivity index (χ0v) is 15.1. The van der Waals surface area contributed by atoms with Gasteiger partial charge in [-0.15, -0.1) is 11.3 Å². The zero-order chi connectivity index (χ0) is 18.2. The van der Waals surface area contributed by atoms with E-state index in [0.717, 1.165) is 17.8 Å². The summed E-state index contributed by atoms with van der Waals surface area (Å²) in [5.74, 6) is 0.384. The van der Waals surface area contributed by atoms with Crippen LogP contribution in [-0.2, 0) is 22.6 Å². The lowest BCUT2D eigenvalue weighted by molar-refractivity contribution is -0.137. The number of rotatable bonds is 4. The average Bonchev–Trinajstić information content (AvgIpc) is 3.13. The Kier molecular flexibility index (Phi) is 4.91. The largest absolute Gasteiger partial charge is 0.416 e. The van der Waals surface area contributed by atoms with Crippen LogP contribution in [0.3, 0.4) is 0 Å². The van der Waals surface area contributed by atoms with Crippen molar-refractivity contribution in [2.45, 2.75) is 25.2 Å². The van der Waals surface area contributed by atoms with Crippen LogP contribution in [0.1, 0.15) is 17.7 Å². The van der Waals surface area contributed by atoms with Crippen molar-refractivity contribution in [1.82, 2.24) is 9.88 Å². The molecule has 1 atom stereocenters. The molecule has 25 heavy (non-hydrogen) atoms. The van der Waals surface area contributed by atoms with Gasteiger partial charge in [-0.25, -0.2) is 13.4 Å². The Morgan fingerprint density at radius 1 is 1.28 bits per heavy atom. The molecule has 1 aromatic carbocycles. The van der Waals surface area contributed by atoms with Gasteiger partial charge in [-0.2, -0.15) is 13.2 Å². The monoisotopic (exact) mass is 390 g/mol. The topological polar surface area (TPSA) is 50.3 Å². The second-order valence-electron chi connectivity index (χ2n) is 6.19. The SMILES string of the molecule is CN(Cc1csc(-c2ccc(C(F)(F)F)cc2)n1)C1CCS(=O)(=O)C1. The summed E-state index contributed by atoms with van der Waals surface area (Å²) < 4.78 is 61.0. The quantitative estimate of drug-likeness (QED) is 0.802. The van der Waals surface area contributed by atoms with Gasteiger partial charge < -0.3 is 0 Å². The molecule has 1 unspecified atom stereocenters. The maximum absolute atomic E-state index is 12.6. The van der Waals surface area contributed by atoms with Gasteiger partial charge in [0.1, 0.15) is 5.01 Å². The van der Waals surface area contributed by atoms with E-state index in [0.29, 0.717) is 23.5 Å². The van der Waals surface area contributed by atoms with E-state index < -0.39 is 21.6 Å². The second-order valence-corrected chi connectivity index (χ2v) is 9.28. The normalized spacial score (nSPS) is 20.3. The molecule has 0 radical (unpaired) electrons. The van der Waals surface area contributed by atoms with Gasteiger partial charge in [-0.3, -0.25) is 4.90 Å². The summed E-state index contributed by atoms with van der Waals surface area (Å²) in [6.45, 7) is 0.511. The Hall–Kier alpha value is -1.45. The molecule has 2 heterocycles. The molecule has 0 aliphatic carbocycles. The van der Waals surface area contributed by atoms with Crippen LogP contribution in [0.2, 0.25) is 0 Å². The third kappa shape index (κ3) is 4.39. The van der Waals surface area contributed by atoms with Crippen LogP contribution < -0.4 is 0 Å². The molecule has 1 aliphatic rings. The summed E-state index contributed by atoms with van der Waals surface area (Å²) >= 11 is 1.36. The Morgan fingerprint density at radius 2 is 1.96 bits per heavy atom. The fraction of sp³-hybridized carbons (Fsp3) is 0.438. The van der Waals surface area contributed by atoms with E-state index in [4.69, 9.17) is 0 Å². The van der Waals surface area contributed by atoms with Crippen LogP contribution in [-0.4, -0.2) is 42.9 Å². The number of nitrogens with zero attached hydrogens (tertiary/aromatic N) is 2. The summed E-state index contributed by atoms with van der Waals surface area (Å²) in [6.07, 6.45) is -3.73. The molecule has 1 aromatic heterocycles. The van der Waals surface area contributed by atoms with Crippen LogP contribution in [0.15, 0.2) is 29.6 Å². The third-order valence-corrected chi connectivity index (χ3v) is 6.94. The summed E-state index contributed by atoms with van der Waals surface area (Å²) in [5, 5.41) is 2.50. The van der Waals surface area contributed by atoms with Crippen molar-refractivity contribution in [2.24, 2.45) is 0 Å². The minimum atomic E-state index is -4.35. The number of sulfone groups is 1. The minimum Gasteiger partial charge on any atom is -0.297 e. The molecule has 2 aromatic rings. The highest BCUT2D eigenvalue weighted by molar-refractivity contribution is 7.91. The number of alkyl halides is 3. The predicted octanol–water partition coefficient (Wildman–Crippen LogP) is 3.45. The number of halogens is 3. The van der Waals surface area contributed by atoms with Crippen molar-refractivity contribution in [2.75, 3.05) is 18.6 Å². The van der Waals surface area contributed by atoms with Crippen molar-refractivity contribution in [1.29, 1.82) is 0 Å². The molecule has 0 N–H and O–H groups in total. The Labute approximate surface area is 148 Å². The minimum absolute atomic E-state index is 0.0128. The van der Waals surface area contributed by atoms with E-state index in [9.17, 15) is 21.6 Å². The Balaban J connectivity index is 1.68. The molecule has 0 spiro atoms. The summed E-state index contributed by atoms with van der Waals surface area (Å²) in [4.78, 5) is 6.43. The van der Waals surface area contributed by atoms with Crippen molar-refractivity contribution < 1.29 is 21.6 Å². The number of aromatic nitrogens is 1. The van der Waals surface area contributed by atoms with Crippen molar-refractivity contribution in [3.05, 3.63) is 40.9 Å². The standard InChI is InChI=1S/C16H17F3N2O2S2/c1-21(14-6-7-25(22,23)10-14)8-13-9-24-15(20-13)11-2-4-12(5-3-11)16(17,18)19/h2-5,9,14H,6-8,10H2,1H3. The fourth-order valence-electron chi connectivity index (χ4n) is 2.82. The molecule has 136 valence electrons. The van der Waals surface area contributed by atoms with Crippen LogP contribution in [0, 0.1) is 0 Å². The highest BCUT2D eigenvalue weighted by Crippen LogP contribution is 2.32. The number of thiazole rings is 1. The number of hydrogen-bond donors (Lipinski definition) is 0. The van der Waals surface area contributed by atoms with Crippen LogP contribution in [0.25, 0.3) is 10.6 Å². The molecular weight excluding hydrogens is 373 g/mol. The van der Waals surface area contributed by atoms with E-state index in [2.05, 4.69) is 4.98 Å². The lowest BCUT2D eigenvalue weighted by atomic mass is 10.1. The van der Waals surface area contributed by atoms with Crippen LogP contribution in [0.4, 0.5) is 13.2 Å². The first-order valence-electron chi connectivity index (χ1n) is 7.67. The molecular formula is C16H17F3N2O2S2. The van der Waals surface area contributed by atoms with Gasteiger partial charge in [0.15, 0.2) is 9.84 Å². The number of hydrogen-bond acceptors (Lipinski definition) is 5. The Morgan fingerprint density at radius 3 is 2.52 bits per heavy atom. The van der Waals surface area contributed by atoms with E-state index in [-0.39, 0.29) is 17.5 Å². The lowest BCUT2D eigenvalue weighted by Gasteiger charge is -2.21. The van der Waals surface area contributed by atoms with E-state index >= 15 is 0 Å². The molecule has 0 saturated carbocycles. The summed E-state index contributed by atoms with van der Waals surface area (Å²) in [5.41, 5.74) is 0.734. The smallest absolute Gasteiger partial charge is 0.297 e. The van der Waals surface area contributed by atoms with Gasteiger partial charge in [0, 0.05) is 23.5 Å². The maximum atomic E-state index is 12.6. The van der Waals surface area contributed by atoms with E-state index in [1.165, 1.54) is 23.5 Å². The first-order chi connectivity index (χ1) is 11.6. The molecule has 1 saturated heterocycles. The average molecular weight is 390 g/mol. The first kappa shape index (κ1) is 18.3.